The van der Waals surface area contributed by atoms with Gasteiger partial charge in [-0.3, -0.25) is 0 Å². The Morgan fingerprint density at radius 1 is 1.62 bits per heavy atom. The van der Waals surface area contributed by atoms with Crippen LogP contribution in [0.15, 0.2) is 17.5 Å². The predicted molar refractivity (Wildman–Crippen MR) is 65.7 cm³/mol. The van der Waals surface area contributed by atoms with E-state index < -0.39 is 6.10 Å². The highest BCUT2D eigenvalue weighted by Gasteiger charge is 2.27. The molecule has 1 heterocycles. The third-order valence-electron chi connectivity index (χ3n) is 3.20. The number of hydrogen-bond donors (Lipinski definition) is 2. The quantitative estimate of drug-likeness (QED) is 0.828. The Morgan fingerprint density at radius 3 is 3.19 bits per heavy atom. The lowest BCUT2D eigenvalue weighted by atomic mass is 10.2. The topological polar surface area (TPSA) is 41.5 Å². The summed E-state index contributed by atoms with van der Waals surface area (Å²) in [6.45, 7) is 0.616. The normalized spacial score (nSPS) is 27.1. The molecule has 3 atom stereocenters. The molecule has 0 amide bonds. The van der Waals surface area contributed by atoms with Crippen LogP contribution in [0.3, 0.4) is 0 Å². The third kappa shape index (κ3) is 2.83. The molecule has 2 N–H and O–H groups in total. The zero-order chi connectivity index (χ0) is 11.4. The van der Waals surface area contributed by atoms with E-state index in [1.807, 2.05) is 17.5 Å². The highest BCUT2D eigenvalue weighted by molar-refractivity contribution is 7.10. The second kappa shape index (κ2) is 5.77. The smallest absolute Gasteiger partial charge is 0.101 e. The van der Waals surface area contributed by atoms with E-state index in [4.69, 9.17) is 4.74 Å². The molecule has 1 aromatic heterocycles. The molecule has 3 nitrogen and oxygen atoms in total. The van der Waals surface area contributed by atoms with Gasteiger partial charge in [0.1, 0.15) is 6.10 Å². The molecule has 2 rings (SSSR count). The molecule has 1 fully saturated rings. The van der Waals surface area contributed by atoms with E-state index in [9.17, 15) is 5.11 Å². The van der Waals surface area contributed by atoms with Gasteiger partial charge in [0.05, 0.1) is 6.10 Å². The van der Waals surface area contributed by atoms with Crippen LogP contribution in [-0.2, 0) is 4.74 Å². The van der Waals surface area contributed by atoms with E-state index in [1.54, 1.807) is 18.4 Å². The van der Waals surface area contributed by atoms with Gasteiger partial charge in [-0.25, -0.2) is 0 Å². The molecular weight excluding hydrogens is 222 g/mol. The molecule has 16 heavy (non-hydrogen) atoms. The van der Waals surface area contributed by atoms with E-state index in [2.05, 4.69) is 5.32 Å². The summed E-state index contributed by atoms with van der Waals surface area (Å²) in [5.74, 6) is 0. The summed E-state index contributed by atoms with van der Waals surface area (Å²) in [5, 5.41) is 15.3. The first kappa shape index (κ1) is 12.0. The fourth-order valence-corrected chi connectivity index (χ4v) is 3.00. The van der Waals surface area contributed by atoms with Gasteiger partial charge in [-0.05, 0) is 30.7 Å². The Bertz CT molecular complexity index is 302. The first-order valence-corrected chi connectivity index (χ1v) is 6.67. The van der Waals surface area contributed by atoms with Crippen LogP contribution in [0.5, 0.6) is 0 Å². The Morgan fingerprint density at radius 2 is 2.50 bits per heavy atom. The van der Waals surface area contributed by atoms with Gasteiger partial charge in [-0.1, -0.05) is 6.07 Å². The lowest BCUT2D eigenvalue weighted by Crippen LogP contribution is -2.38. The van der Waals surface area contributed by atoms with Crippen LogP contribution in [0.4, 0.5) is 0 Å². The maximum absolute atomic E-state index is 9.94. The van der Waals surface area contributed by atoms with Gasteiger partial charge < -0.3 is 15.2 Å². The maximum atomic E-state index is 9.94. The zero-order valence-electron chi connectivity index (χ0n) is 9.56. The van der Waals surface area contributed by atoms with Gasteiger partial charge in [0.25, 0.3) is 0 Å². The molecule has 0 radical (unpaired) electrons. The molecule has 0 aromatic carbocycles. The van der Waals surface area contributed by atoms with Crippen LogP contribution in [0.1, 0.15) is 30.2 Å². The van der Waals surface area contributed by atoms with Crippen LogP contribution in [-0.4, -0.2) is 30.9 Å². The molecule has 0 spiro atoms. The number of methoxy groups -OCH3 is 1. The van der Waals surface area contributed by atoms with E-state index in [-0.39, 0.29) is 0 Å². The van der Waals surface area contributed by atoms with Gasteiger partial charge in [-0.2, -0.15) is 0 Å². The molecule has 1 aliphatic carbocycles. The summed E-state index contributed by atoms with van der Waals surface area (Å²) >= 11 is 1.60. The monoisotopic (exact) mass is 241 g/mol. The predicted octanol–water partition coefficient (Wildman–Crippen LogP) is 1.94. The fraction of sp³-hybridized carbons (Fsp3) is 0.667. The average Bonchev–Trinajstić information content (AvgIpc) is 2.96. The van der Waals surface area contributed by atoms with Crippen molar-refractivity contribution in [2.75, 3.05) is 13.7 Å². The molecular formula is C12H19NO2S. The Labute approximate surface area is 100 Å². The second-order valence-electron chi connectivity index (χ2n) is 4.25. The van der Waals surface area contributed by atoms with Gasteiger partial charge in [0, 0.05) is 24.6 Å². The van der Waals surface area contributed by atoms with Gasteiger partial charge in [0.2, 0.25) is 0 Å². The minimum atomic E-state index is -0.391. The van der Waals surface area contributed by atoms with Crippen LogP contribution >= 0.6 is 11.3 Å². The van der Waals surface area contributed by atoms with Gasteiger partial charge >= 0.3 is 0 Å². The summed E-state index contributed by atoms with van der Waals surface area (Å²) < 4.78 is 5.41. The third-order valence-corrected chi connectivity index (χ3v) is 4.17. The summed E-state index contributed by atoms with van der Waals surface area (Å²) in [5.41, 5.74) is 0. The summed E-state index contributed by atoms with van der Waals surface area (Å²) in [7, 11) is 1.76. The summed E-state index contributed by atoms with van der Waals surface area (Å²) in [6.07, 6.45) is 3.41. The van der Waals surface area contributed by atoms with Crippen molar-refractivity contribution in [3.05, 3.63) is 22.4 Å². The molecule has 1 saturated carbocycles. The van der Waals surface area contributed by atoms with E-state index in [1.165, 1.54) is 6.42 Å². The van der Waals surface area contributed by atoms with Crippen molar-refractivity contribution >= 4 is 11.3 Å². The summed E-state index contributed by atoms with van der Waals surface area (Å²) in [4.78, 5) is 1.03. The molecule has 1 aliphatic rings. The van der Waals surface area contributed by atoms with Crippen LogP contribution in [0, 0.1) is 0 Å². The molecule has 4 heteroatoms. The number of thiophene rings is 1. The fourth-order valence-electron chi connectivity index (χ4n) is 2.29. The number of aliphatic hydroxyl groups excluding tert-OH is 1. The van der Waals surface area contributed by atoms with Crippen molar-refractivity contribution in [1.82, 2.24) is 5.32 Å². The van der Waals surface area contributed by atoms with Gasteiger partial charge in [0.15, 0.2) is 0 Å². The first-order chi connectivity index (χ1) is 7.81. The van der Waals surface area contributed by atoms with Crippen molar-refractivity contribution in [2.24, 2.45) is 0 Å². The highest BCUT2D eigenvalue weighted by atomic mass is 32.1. The number of nitrogens with one attached hydrogen (secondary N) is 1. The lowest BCUT2D eigenvalue weighted by Gasteiger charge is -2.21. The number of aliphatic hydroxyl groups is 1. The van der Waals surface area contributed by atoms with Crippen molar-refractivity contribution in [3.8, 4) is 0 Å². The Kier molecular flexibility index (Phi) is 4.35. The minimum absolute atomic E-state index is 0.315. The molecule has 0 bridgehead atoms. The van der Waals surface area contributed by atoms with E-state index in [0.717, 1.165) is 17.7 Å². The van der Waals surface area contributed by atoms with Crippen molar-refractivity contribution in [3.63, 3.8) is 0 Å². The Balaban J connectivity index is 1.78. The standard InChI is InChI=1S/C12H19NO2S/c1-15-11-5-2-4-9(11)13-8-10(14)12-6-3-7-16-12/h3,6-7,9-11,13-14H,2,4-5,8H2,1H3. The molecule has 90 valence electrons. The largest absolute Gasteiger partial charge is 0.386 e. The lowest BCUT2D eigenvalue weighted by molar-refractivity contribution is 0.0783. The van der Waals surface area contributed by atoms with Crippen LogP contribution in [0.25, 0.3) is 0 Å². The highest BCUT2D eigenvalue weighted by Crippen LogP contribution is 2.23. The van der Waals surface area contributed by atoms with Gasteiger partial charge in [-0.15, -0.1) is 11.3 Å². The van der Waals surface area contributed by atoms with Crippen LogP contribution < -0.4 is 5.32 Å². The van der Waals surface area contributed by atoms with Crippen molar-refractivity contribution in [2.45, 2.75) is 37.5 Å². The summed E-state index contributed by atoms with van der Waals surface area (Å²) in [6, 6.07) is 4.34. The van der Waals surface area contributed by atoms with E-state index in [0.29, 0.717) is 18.7 Å². The molecule has 0 aliphatic heterocycles. The molecule has 1 aromatic rings. The molecule has 3 unspecified atom stereocenters. The van der Waals surface area contributed by atoms with E-state index >= 15 is 0 Å². The maximum Gasteiger partial charge on any atom is 0.101 e. The minimum Gasteiger partial charge on any atom is -0.386 e. The van der Waals surface area contributed by atoms with Crippen molar-refractivity contribution < 1.29 is 9.84 Å². The second-order valence-corrected chi connectivity index (χ2v) is 5.23. The van der Waals surface area contributed by atoms with Crippen LogP contribution in [0.2, 0.25) is 0 Å². The average molecular weight is 241 g/mol. The number of rotatable bonds is 5. The number of ether oxygens (including phenoxy) is 1. The van der Waals surface area contributed by atoms with Crippen molar-refractivity contribution in [1.29, 1.82) is 0 Å². The number of hydrogen-bond acceptors (Lipinski definition) is 4. The zero-order valence-corrected chi connectivity index (χ0v) is 10.4. The first-order valence-electron chi connectivity index (χ1n) is 5.79. The molecule has 0 saturated heterocycles. The Hall–Kier alpha value is -0.420. The SMILES string of the molecule is COC1CCCC1NCC(O)c1cccs1.